The number of nitrogen functional groups attached to an aromatic ring is 1. The number of nitrogens with one attached hydrogen (secondary N) is 1. The smallest absolute Gasteiger partial charge is 0.254 e. The molecule has 10 aliphatic rings. The number of fused-ring (bicyclic) bond motifs is 15. The highest BCUT2D eigenvalue weighted by Crippen LogP contribution is 2.55. The van der Waals surface area contributed by atoms with Gasteiger partial charge in [0.05, 0.1) is 126 Å². The van der Waals surface area contributed by atoms with Crippen LogP contribution in [0.2, 0.25) is 0 Å². The number of hydrogen-bond donors (Lipinski definition) is 10. The molecule has 0 bridgehead atoms. The molecule has 148 heavy (non-hydrogen) atoms. The number of rotatable bonds is 26. The Bertz CT molecular complexity index is 7040. The summed E-state index contributed by atoms with van der Waals surface area (Å²) in [6, 6.07) is 24.0. The maximum atomic E-state index is 13.8. The molecule has 4 fully saturated rings. The van der Waals surface area contributed by atoms with Crippen LogP contribution in [-0.4, -0.2) is 213 Å². The number of amides is 1. The van der Waals surface area contributed by atoms with Crippen LogP contribution in [0.15, 0.2) is 101 Å². The molecule has 35 nitrogen and oxygen atoms in total. The zero-order valence-corrected chi connectivity index (χ0v) is 88.4. The number of aromatic hydroxyl groups is 2. The van der Waals surface area contributed by atoms with E-state index in [1.165, 1.54) is 61.8 Å². The van der Waals surface area contributed by atoms with Gasteiger partial charge in [0.1, 0.15) is 78.0 Å². The van der Waals surface area contributed by atoms with E-state index in [1.54, 1.807) is 17.6 Å². The number of pyridine rings is 5. The van der Waals surface area contributed by atoms with Crippen LogP contribution in [0.1, 0.15) is 281 Å². The van der Waals surface area contributed by atoms with Crippen LogP contribution in [0.5, 0.6) is 23.0 Å². The highest BCUT2D eigenvalue weighted by atomic mass is 32.2. The Labute approximate surface area is 862 Å². The molecule has 6 aromatic heterocycles. The number of aliphatic hydroxyl groups is 5. The molecule has 3 saturated heterocycles. The summed E-state index contributed by atoms with van der Waals surface area (Å²) in [5.74, 6) is -0.384. The molecule has 0 radical (unpaired) electrons. The average molecular weight is 2070 g/mol. The van der Waals surface area contributed by atoms with Crippen LogP contribution < -0.4 is 42.3 Å². The second-order valence-electron chi connectivity index (χ2n) is 41.8. The Morgan fingerprint density at radius 3 is 1.99 bits per heavy atom. The van der Waals surface area contributed by atoms with Crippen LogP contribution in [-0.2, 0) is 108 Å². The largest absolute Gasteiger partial charge is 0.778 e. The van der Waals surface area contributed by atoms with Gasteiger partial charge in [-0.1, -0.05) is 99.1 Å². The van der Waals surface area contributed by atoms with Gasteiger partial charge in [0.2, 0.25) is 11.7 Å². The van der Waals surface area contributed by atoms with Gasteiger partial charge < -0.3 is 104 Å². The summed E-state index contributed by atoms with van der Waals surface area (Å²) in [4.78, 5) is 146. The predicted octanol–water partition coefficient (Wildman–Crippen LogP) is 12.5. The number of benzene rings is 4. The standard InChI is InChI=1S/C31H37NO10.C26H28N2O4.C26H28N2O3.C14H21N4O6P.C14H23NO2S/c1-13(2)41-30-14(3)8-15(9-18(30)32)42-20-11-31(39,21(34)12-33)10-17-23(20)29(38)25-24(27(17)36)26(35)16-6-5-7-19(40-4)22(16)28(25)37;1-5-16-18-11-15(32-14(3)4)7-9-21(18)27-24-19(16)13-28-22(24)12-20-17(25(28)30)8-10-23(29)26(20,31)6-2;1-5-16-17-9-7-8-10-21(17)27-24-19(16)14-28-22(24)13-20-18(25(28)30)11-12-23(29)26(20,6-2)31-15(3)4;1-7(2)25(21,22)23-5-9-11(19)12(20)14(24-9)18-6-17-10-8(15)3-4-16-13(10)18;1-9(2)12(16)5-3-4-6-13-10-7-14(17)15-11(10)8-18-13/h5-7,13-15,18,20,30,33,36,38-39H,8-12,32H2,1-4H3;7,9,11-12,14,31H,5-6,8,10,13H2,1-4H3;7-10,13,15H,5-6,11-12,14H2,1-4H3;3-4,6-7,9,11-12,14,19-20H,5H2,1-2H3,(H2,15,16)(H,21,22);9-11,13H,3-8H2,1-2H3,(H,15,17)/p-1/t14-,15+,18+,20?,30-,31-;2*26-;;/m100../s1. The molecule has 12 N–H and O–H groups in total. The van der Waals surface area contributed by atoms with Gasteiger partial charge in [-0.3, -0.25) is 47.7 Å². The molecule has 16 atom stereocenters. The van der Waals surface area contributed by atoms with Gasteiger partial charge in [-0.15, -0.1) is 0 Å². The molecule has 5 aliphatic carbocycles. The van der Waals surface area contributed by atoms with Crippen molar-refractivity contribution in [3.05, 3.63) is 190 Å². The first-order valence-electron chi connectivity index (χ1n) is 51.6. The van der Waals surface area contributed by atoms with Crippen molar-refractivity contribution in [1.82, 2.24) is 39.0 Å². The fourth-order valence-electron chi connectivity index (χ4n) is 23.0. The first-order chi connectivity index (χ1) is 70.3. The van der Waals surface area contributed by atoms with Crippen LogP contribution in [0, 0.1) is 17.8 Å². The Balaban J connectivity index is 0.000000135. The number of unbranched alkanes of at least 4 members (excludes halogenated alkanes) is 1. The number of aliphatic hydroxyl groups excluding tert-OH is 3. The first-order valence-corrected chi connectivity index (χ1v) is 54.3. The molecule has 792 valence electrons. The van der Waals surface area contributed by atoms with Gasteiger partial charge in [-0.25, -0.2) is 19.9 Å². The van der Waals surface area contributed by atoms with Crippen LogP contribution >= 0.6 is 19.4 Å². The summed E-state index contributed by atoms with van der Waals surface area (Å²) in [6.45, 7) is 28.3. The topological polar surface area (TPSA) is 530 Å². The Morgan fingerprint density at radius 1 is 0.716 bits per heavy atom. The number of nitrogens with two attached hydrogens (primary N) is 2. The summed E-state index contributed by atoms with van der Waals surface area (Å²) >= 11 is 2.00. The van der Waals surface area contributed by atoms with Crippen molar-refractivity contribution in [3.63, 3.8) is 0 Å². The number of carbonyl (C=O) groups is 7. The quantitative estimate of drug-likeness (QED) is 0.0137. The number of aromatic nitrogens is 7. The van der Waals surface area contributed by atoms with Gasteiger partial charge in [-0.05, 0) is 171 Å². The van der Waals surface area contributed by atoms with E-state index in [-0.39, 0.29) is 118 Å². The SMILES string of the molecule is CC(C)C(=O)CCCCC1SCC2NC(=O)CC21.CC(C)P(=O)([O-])OCC1OC(n2cnc3c(N)ccnc32)C(O)C1O.CCc1c2c(nc3ccc(OC(C)C)cc13)-c1cc3c(c(=O)n1C2)CCC(=O)[C@]3(O)CC.CCc1c2c(nc3ccccc13)-c1cc3c(c(=O)n1C2)CCC(=O)[C@@]3(CC)OC(C)C.COc1cccc2c1C(=O)c1c(O)c3c(c(O)c1C2=O)C[C@](O)(C(=O)CO)CC3O[C@H]1C[C@@H](C)[C@@H](OC(C)C)[C@@H](N)C1. The lowest BCUT2D eigenvalue weighted by Gasteiger charge is -2.43. The Kier molecular flexibility index (Phi) is 32.6. The van der Waals surface area contributed by atoms with Crippen molar-refractivity contribution in [2.75, 3.05) is 31.8 Å². The summed E-state index contributed by atoms with van der Waals surface area (Å²) in [6.07, 6.45) is 4.87. The summed E-state index contributed by atoms with van der Waals surface area (Å²) in [5, 5.41) is 81.6. The van der Waals surface area contributed by atoms with E-state index in [0.717, 1.165) is 117 Å². The highest BCUT2D eigenvalue weighted by Gasteiger charge is 2.54. The number of nitrogens with zero attached hydrogens (tertiary/aromatic N) is 7. The van der Waals surface area contributed by atoms with E-state index in [4.69, 9.17) is 54.4 Å². The number of imidazole rings is 1. The number of para-hydroxylation sites is 1. The molecule has 11 heterocycles. The van der Waals surface area contributed by atoms with E-state index >= 15 is 0 Å². The molecule has 1 saturated carbocycles. The van der Waals surface area contributed by atoms with Crippen molar-refractivity contribution in [3.8, 4) is 45.8 Å². The number of aryl methyl sites for hydroxylation is 2. The molecule has 1 amide bonds. The predicted molar refractivity (Wildman–Crippen MR) is 555 cm³/mol. The summed E-state index contributed by atoms with van der Waals surface area (Å²) in [7, 11) is -2.71. The number of phenolic OH excluding ortho intramolecular Hbond substituents is 2. The zero-order chi connectivity index (χ0) is 107. The molecule has 37 heteroatoms. The second kappa shape index (κ2) is 44.0. The number of phenols is 2. The van der Waals surface area contributed by atoms with E-state index in [1.807, 2.05) is 134 Å². The van der Waals surface area contributed by atoms with Gasteiger partial charge in [0, 0.05) is 146 Å². The number of anilines is 1. The van der Waals surface area contributed by atoms with Crippen molar-refractivity contribution in [2.24, 2.45) is 23.5 Å². The van der Waals surface area contributed by atoms with E-state index in [2.05, 4.69) is 35.2 Å². The van der Waals surface area contributed by atoms with Crippen molar-refractivity contribution >= 4 is 98.6 Å². The highest BCUT2D eigenvalue weighted by molar-refractivity contribution is 8.00. The number of methoxy groups -OCH3 is 1. The van der Waals surface area contributed by atoms with Crippen LogP contribution in [0.4, 0.5) is 5.69 Å². The maximum absolute atomic E-state index is 13.8. The van der Waals surface area contributed by atoms with Gasteiger partial charge in [0.25, 0.3) is 11.1 Å². The number of carbonyl (C=O) groups excluding carboxylic acids is 7. The molecule has 0 spiro atoms. The number of ketones is 6. The molecule has 10 aromatic rings. The third-order valence-electron chi connectivity index (χ3n) is 30.6. The van der Waals surface area contributed by atoms with Crippen LogP contribution in [0.25, 0.3) is 55.7 Å². The minimum absolute atomic E-state index is 0.00272. The number of ether oxygens (including phenoxy) is 6. The van der Waals surface area contributed by atoms with Crippen molar-refractivity contribution in [1.29, 1.82) is 0 Å². The lowest BCUT2D eigenvalue weighted by atomic mass is 9.71. The minimum atomic E-state index is -4.06. The van der Waals surface area contributed by atoms with Crippen LogP contribution in [0.3, 0.4) is 0 Å². The van der Waals surface area contributed by atoms with E-state index in [0.29, 0.717) is 115 Å². The Hall–Kier alpha value is -11.2. The fraction of sp³-hybridized carbons (Fsp3) is 0.523. The lowest BCUT2D eigenvalue weighted by molar-refractivity contribution is -0.204. The average Bonchev–Trinajstić information content (AvgIpc) is 0.998. The van der Waals surface area contributed by atoms with Gasteiger partial charge in [-0.2, -0.15) is 11.8 Å². The second-order valence-corrected chi connectivity index (χ2v) is 45.4. The fourth-order valence-corrected chi connectivity index (χ4v) is 25.3. The molecule has 20 rings (SSSR count). The molecular weight excluding hydrogens is 1940 g/mol. The maximum Gasteiger partial charge on any atom is 0.254 e. The zero-order valence-electron chi connectivity index (χ0n) is 86.7. The lowest BCUT2D eigenvalue weighted by Crippen LogP contribution is -2.51. The molecule has 5 aliphatic heterocycles. The third-order valence-corrected chi connectivity index (χ3v) is 34.0. The van der Waals surface area contributed by atoms with E-state index < -0.39 is 126 Å². The van der Waals surface area contributed by atoms with Gasteiger partial charge >= 0.3 is 0 Å². The third kappa shape index (κ3) is 20.5. The molecular formula is C111H136N10O25PS-. The monoisotopic (exact) mass is 2070 g/mol. The normalized spacial score (nSPS) is 25.1. The summed E-state index contributed by atoms with van der Waals surface area (Å²) < 4.78 is 57.2. The Morgan fingerprint density at radius 2 is 1.36 bits per heavy atom. The number of hydrogen-bond acceptors (Lipinski definition) is 32. The number of thioether (sulfide) groups is 1. The molecule has 4 aromatic carbocycles. The number of Topliss-reactive ketones (excluding diaryl/α,β-unsaturated/α-hetero) is 4. The first kappa shape index (κ1) is 109. The van der Waals surface area contributed by atoms with Crippen molar-refractivity contribution in [2.45, 2.75) is 327 Å². The molecule has 9 unspecified atom stereocenters. The van der Waals surface area contributed by atoms with Gasteiger partial charge in [0.15, 0.2) is 40.6 Å². The minimum Gasteiger partial charge on any atom is -0.778 e. The summed E-state index contributed by atoms with van der Waals surface area (Å²) in [5.41, 5.74) is 18.8. The van der Waals surface area contributed by atoms with E-state index in [9.17, 15) is 88.4 Å². The van der Waals surface area contributed by atoms with Crippen molar-refractivity contribution < 1.29 is 112 Å².